The second-order valence-electron chi connectivity index (χ2n) is 3.04. The number of nitrogens with two attached hydrogens (primary N) is 1. The minimum absolute atomic E-state index is 0.239. The van der Waals surface area contributed by atoms with Crippen LogP contribution in [0, 0.1) is 5.82 Å². The number of aromatic nitrogens is 1. The average Bonchev–Trinajstić information content (AvgIpc) is 2.62. The molecule has 0 unspecified atom stereocenters. The Morgan fingerprint density at radius 1 is 1.50 bits per heavy atom. The van der Waals surface area contributed by atoms with Crippen molar-refractivity contribution in [2.24, 2.45) is 5.73 Å². The molecule has 3 nitrogen and oxygen atoms in total. The molecule has 0 aliphatic rings. The molecule has 1 aromatic heterocycles. The molecule has 1 heterocycles. The summed E-state index contributed by atoms with van der Waals surface area (Å²) in [6.45, 7) is 0.371. The fourth-order valence-corrected chi connectivity index (χ4v) is 1.47. The van der Waals surface area contributed by atoms with Crippen LogP contribution in [-0.4, -0.2) is 12.1 Å². The van der Waals surface area contributed by atoms with Gasteiger partial charge in [-0.1, -0.05) is 0 Å². The van der Waals surface area contributed by atoms with E-state index in [4.69, 9.17) is 10.5 Å². The molecule has 0 aliphatic heterocycles. The second kappa shape index (κ2) is 3.31. The van der Waals surface area contributed by atoms with Crippen LogP contribution in [-0.2, 0) is 6.54 Å². The van der Waals surface area contributed by atoms with Crippen molar-refractivity contribution < 1.29 is 9.13 Å². The van der Waals surface area contributed by atoms with Gasteiger partial charge in [-0.25, -0.2) is 4.39 Å². The van der Waals surface area contributed by atoms with E-state index >= 15 is 0 Å². The number of aromatic amines is 1. The van der Waals surface area contributed by atoms with Gasteiger partial charge in [-0.3, -0.25) is 0 Å². The van der Waals surface area contributed by atoms with Gasteiger partial charge in [-0.15, -0.1) is 0 Å². The van der Waals surface area contributed by atoms with Gasteiger partial charge in [-0.2, -0.15) is 0 Å². The van der Waals surface area contributed by atoms with E-state index in [0.29, 0.717) is 12.1 Å². The summed E-state index contributed by atoms with van der Waals surface area (Å²) in [4.78, 5) is 2.91. The van der Waals surface area contributed by atoms with Crippen LogP contribution in [0.15, 0.2) is 18.2 Å². The first-order chi connectivity index (χ1) is 6.76. The van der Waals surface area contributed by atoms with E-state index in [1.165, 1.54) is 7.11 Å². The summed E-state index contributed by atoms with van der Waals surface area (Å²) in [5.74, 6) is -0.132. The molecule has 0 saturated heterocycles. The molecule has 4 heteroatoms. The van der Waals surface area contributed by atoms with Gasteiger partial charge in [-0.05, 0) is 18.2 Å². The number of fused-ring (bicyclic) bond motifs is 1. The maximum Gasteiger partial charge on any atom is 0.189 e. The summed E-state index contributed by atoms with van der Waals surface area (Å²) in [5.41, 5.74) is 6.71. The summed E-state index contributed by atoms with van der Waals surface area (Å²) < 4.78 is 18.5. The lowest BCUT2D eigenvalue weighted by Crippen LogP contribution is -1.95. The van der Waals surface area contributed by atoms with Gasteiger partial charge in [0, 0.05) is 17.6 Å². The summed E-state index contributed by atoms with van der Waals surface area (Å²) in [6.07, 6.45) is 0. The molecule has 0 saturated carbocycles. The number of rotatable bonds is 2. The summed E-state index contributed by atoms with van der Waals surface area (Å²) in [5, 5.41) is 0.809. The summed E-state index contributed by atoms with van der Waals surface area (Å²) in [6, 6.07) is 5.23. The van der Waals surface area contributed by atoms with Crippen molar-refractivity contribution in [3.8, 4) is 5.75 Å². The highest BCUT2D eigenvalue weighted by Gasteiger charge is 2.09. The predicted octanol–water partition coefficient (Wildman–Crippen LogP) is 1.77. The maximum atomic E-state index is 13.6. The molecule has 2 rings (SSSR count). The van der Waals surface area contributed by atoms with Crippen LogP contribution >= 0.6 is 0 Å². The van der Waals surface area contributed by atoms with Gasteiger partial charge in [0.15, 0.2) is 11.6 Å². The molecular formula is C10H11FN2O. The molecule has 0 aliphatic carbocycles. The van der Waals surface area contributed by atoms with Gasteiger partial charge in [0.25, 0.3) is 0 Å². The molecule has 0 amide bonds. The molecular weight excluding hydrogens is 183 g/mol. The van der Waals surface area contributed by atoms with Gasteiger partial charge in [0.2, 0.25) is 0 Å². The number of halogens is 1. The van der Waals surface area contributed by atoms with E-state index in [1.807, 2.05) is 6.07 Å². The quantitative estimate of drug-likeness (QED) is 0.765. The van der Waals surface area contributed by atoms with Crippen LogP contribution in [0.4, 0.5) is 4.39 Å². The highest BCUT2D eigenvalue weighted by atomic mass is 19.1. The Hall–Kier alpha value is -1.55. The van der Waals surface area contributed by atoms with Crippen LogP contribution in [0.1, 0.15) is 5.69 Å². The fourth-order valence-electron chi connectivity index (χ4n) is 1.47. The van der Waals surface area contributed by atoms with E-state index < -0.39 is 0 Å². The standard InChI is InChI=1S/C10H11FN2O/c1-14-8-3-2-6-4-7(5-12)13-10(6)9(8)11/h2-4,13H,5,12H2,1H3. The Kier molecular flexibility index (Phi) is 2.13. The number of ether oxygens (including phenoxy) is 1. The van der Waals surface area contributed by atoms with Crippen LogP contribution < -0.4 is 10.5 Å². The normalized spacial score (nSPS) is 10.8. The number of H-pyrrole nitrogens is 1. The summed E-state index contributed by atoms with van der Waals surface area (Å²) in [7, 11) is 1.44. The monoisotopic (exact) mass is 194 g/mol. The number of hydrogen-bond donors (Lipinski definition) is 2. The van der Waals surface area contributed by atoms with Crippen molar-refractivity contribution in [1.82, 2.24) is 4.98 Å². The largest absolute Gasteiger partial charge is 0.494 e. The molecule has 1 aromatic carbocycles. The average molecular weight is 194 g/mol. The number of methoxy groups -OCH3 is 1. The van der Waals surface area contributed by atoms with E-state index in [0.717, 1.165) is 11.1 Å². The Labute approximate surface area is 80.7 Å². The van der Waals surface area contributed by atoms with Crippen molar-refractivity contribution in [3.05, 3.63) is 29.7 Å². The van der Waals surface area contributed by atoms with Crippen molar-refractivity contribution in [3.63, 3.8) is 0 Å². The molecule has 2 aromatic rings. The third-order valence-electron chi connectivity index (χ3n) is 2.19. The Morgan fingerprint density at radius 3 is 2.93 bits per heavy atom. The van der Waals surface area contributed by atoms with Crippen LogP contribution in [0.2, 0.25) is 0 Å². The molecule has 0 radical (unpaired) electrons. The first-order valence-electron chi connectivity index (χ1n) is 4.30. The summed E-state index contributed by atoms with van der Waals surface area (Å²) >= 11 is 0. The van der Waals surface area contributed by atoms with E-state index in [9.17, 15) is 4.39 Å². The van der Waals surface area contributed by atoms with E-state index in [1.54, 1.807) is 12.1 Å². The topological polar surface area (TPSA) is 51.0 Å². The third kappa shape index (κ3) is 1.24. The zero-order valence-corrected chi connectivity index (χ0v) is 7.80. The number of nitrogens with one attached hydrogen (secondary N) is 1. The van der Waals surface area contributed by atoms with Crippen molar-refractivity contribution in [2.75, 3.05) is 7.11 Å². The minimum Gasteiger partial charge on any atom is -0.494 e. The SMILES string of the molecule is COc1ccc2cc(CN)[nH]c2c1F. The molecule has 14 heavy (non-hydrogen) atoms. The predicted molar refractivity (Wildman–Crippen MR) is 52.7 cm³/mol. The maximum absolute atomic E-state index is 13.6. The molecule has 74 valence electrons. The molecule has 0 bridgehead atoms. The Bertz CT molecular complexity index is 464. The van der Waals surface area contributed by atoms with Gasteiger partial charge in [0.05, 0.1) is 12.6 Å². The van der Waals surface area contributed by atoms with Gasteiger partial charge >= 0.3 is 0 Å². The first-order valence-corrected chi connectivity index (χ1v) is 4.30. The highest BCUT2D eigenvalue weighted by molar-refractivity contribution is 5.82. The lowest BCUT2D eigenvalue weighted by atomic mass is 10.2. The zero-order chi connectivity index (χ0) is 10.1. The van der Waals surface area contributed by atoms with E-state index in [2.05, 4.69) is 4.98 Å². The first kappa shape index (κ1) is 9.02. The zero-order valence-electron chi connectivity index (χ0n) is 7.80. The van der Waals surface area contributed by atoms with Crippen molar-refractivity contribution in [2.45, 2.75) is 6.54 Å². The number of benzene rings is 1. The third-order valence-corrected chi connectivity index (χ3v) is 2.19. The van der Waals surface area contributed by atoms with Crippen LogP contribution in [0.5, 0.6) is 5.75 Å². The minimum atomic E-state index is -0.371. The molecule has 3 N–H and O–H groups in total. The van der Waals surface area contributed by atoms with Crippen LogP contribution in [0.25, 0.3) is 10.9 Å². The van der Waals surface area contributed by atoms with Gasteiger partial charge in [0.1, 0.15) is 0 Å². The Balaban J connectivity index is 2.68. The van der Waals surface area contributed by atoms with Gasteiger partial charge < -0.3 is 15.5 Å². The lowest BCUT2D eigenvalue weighted by molar-refractivity contribution is 0.388. The lowest BCUT2D eigenvalue weighted by Gasteiger charge is -2.01. The van der Waals surface area contributed by atoms with Crippen LogP contribution in [0.3, 0.4) is 0 Å². The van der Waals surface area contributed by atoms with Crippen molar-refractivity contribution in [1.29, 1.82) is 0 Å². The highest BCUT2D eigenvalue weighted by Crippen LogP contribution is 2.26. The molecule has 0 fully saturated rings. The van der Waals surface area contributed by atoms with E-state index in [-0.39, 0.29) is 11.6 Å². The molecule has 0 atom stereocenters. The second-order valence-corrected chi connectivity index (χ2v) is 3.04. The molecule has 0 spiro atoms. The van der Waals surface area contributed by atoms with Crippen molar-refractivity contribution >= 4 is 10.9 Å². The smallest absolute Gasteiger partial charge is 0.189 e. The fraction of sp³-hybridized carbons (Fsp3) is 0.200. The number of hydrogen-bond acceptors (Lipinski definition) is 2. The Morgan fingerprint density at radius 2 is 2.29 bits per heavy atom.